The zero-order valence-corrected chi connectivity index (χ0v) is 13.8. The Bertz CT molecular complexity index is 627. The largest absolute Gasteiger partial charge is 0.398 e. The van der Waals surface area contributed by atoms with Gasteiger partial charge in [-0.3, -0.25) is 0 Å². The van der Waals surface area contributed by atoms with Crippen LogP contribution in [-0.4, -0.2) is 25.8 Å². The highest BCUT2D eigenvalue weighted by Gasteiger charge is 2.37. The van der Waals surface area contributed by atoms with Crippen molar-refractivity contribution in [3.63, 3.8) is 0 Å². The van der Waals surface area contributed by atoms with E-state index < -0.39 is 15.8 Å². The lowest BCUT2D eigenvalue weighted by atomic mass is 9.80. The maximum Gasteiger partial charge on any atom is 0.243 e. The minimum atomic E-state index is -3.68. The molecule has 0 saturated carbocycles. The van der Waals surface area contributed by atoms with Crippen molar-refractivity contribution in [3.8, 4) is 0 Å². The fourth-order valence-electron chi connectivity index (χ4n) is 2.63. The van der Waals surface area contributed by atoms with Crippen LogP contribution in [0.2, 0.25) is 0 Å². The summed E-state index contributed by atoms with van der Waals surface area (Å²) >= 11 is 0. The third kappa shape index (κ3) is 3.06. The number of nitrogen functional groups attached to an aromatic ring is 1. The molecular formula is C15H23FN2O2S. The second kappa shape index (κ2) is 5.25. The van der Waals surface area contributed by atoms with Gasteiger partial charge >= 0.3 is 0 Å². The van der Waals surface area contributed by atoms with E-state index in [9.17, 15) is 12.8 Å². The molecule has 1 heterocycles. The second-order valence-corrected chi connectivity index (χ2v) is 8.77. The SMILES string of the molecule is Cc1c(N)cc(S(=O)(=O)N2CCC(C(C)(C)C)C2)cc1F. The van der Waals surface area contributed by atoms with Crippen LogP contribution in [0.3, 0.4) is 0 Å². The highest BCUT2D eigenvalue weighted by atomic mass is 32.2. The maximum atomic E-state index is 13.8. The zero-order chi connectivity index (χ0) is 16.0. The molecule has 1 unspecified atom stereocenters. The van der Waals surface area contributed by atoms with Gasteiger partial charge in [0.15, 0.2) is 0 Å². The molecule has 0 radical (unpaired) electrons. The molecule has 1 saturated heterocycles. The number of nitrogens with zero attached hydrogens (tertiary/aromatic N) is 1. The summed E-state index contributed by atoms with van der Waals surface area (Å²) in [4.78, 5) is -0.0577. The van der Waals surface area contributed by atoms with Gasteiger partial charge in [0.1, 0.15) is 5.82 Å². The van der Waals surface area contributed by atoms with Crippen LogP contribution < -0.4 is 5.73 Å². The van der Waals surface area contributed by atoms with Crippen molar-refractivity contribution in [3.05, 3.63) is 23.5 Å². The van der Waals surface area contributed by atoms with Crippen LogP contribution in [0.1, 0.15) is 32.8 Å². The van der Waals surface area contributed by atoms with Crippen molar-refractivity contribution >= 4 is 15.7 Å². The Morgan fingerprint density at radius 1 is 1.33 bits per heavy atom. The minimum absolute atomic E-state index is 0.0574. The Balaban J connectivity index is 2.32. The van der Waals surface area contributed by atoms with Gasteiger partial charge in [-0.25, -0.2) is 12.8 Å². The molecule has 1 fully saturated rings. The molecule has 1 atom stereocenters. The first-order chi connectivity index (χ1) is 9.53. The molecule has 1 aliphatic rings. The van der Waals surface area contributed by atoms with Crippen molar-refractivity contribution in [1.29, 1.82) is 0 Å². The van der Waals surface area contributed by atoms with E-state index in [1.54, 1.807) is 0 Å². The molecule has 1 aromatic rings. The van der Waals surface area contributed by atoms with E-state index in [-0.39, 0.29) is 21.6 Å². The molecule has 0 amide bonds. The van der Waals surface area contributed by atoms with Crippen LogP contribution in [0.4, 0.5) is 10.1 Å². The summed E-state index contributed by atoms with van der Waals surface area (Å²) in [5.74, 6) is -0.278. The third-order valence-electron chi connectivity index (χ3n) is 4.37. The number of halogens is 1. The van der Waals surface area contributed by atoms with Gasteiger partial charge in [-0.2, -0.15) is 4.31 Å². The van der Waals surface area contributed by atoms with Gasteiger partial charge in [0.25, 0.3) is 0 Å². The van der Waals surface area contributed by atoms with E-state index in [0.717, 1.165) is 12.5 Å². The highest BCUT2D eigenvalue weighted by molar-refractivity contribution is 7.89. The third-order valence-corrected chi connectivity index (χ3v) is 6.21. The Hall–Kier alpha value is -1.14. The van der Waals surface area contributed by atoms with E-state index in [1.807, 2.05) is 0 Å². The summed E-state index contributed by atoms with van der Waals surface area (Å²) in [6, 6.07) is 2.41. The van der Waals surface area contributed by atoms with E-state index >= 15 is 0 Å². The Morgan fingerprint density at radius 2 is 1.95 bits per heavy atom. The topological polar surface area (TPSA) is 63.4 Å². The Kier molecular flexibility index (Phi) is 4.06. The fourth-order valence-corrected chi connectivity index (χ4v) is 4.17. The molecule has 0 spiro atoms. The van der Waals surface area contributed by atoms with E-state index in [0.29, 0.717) is 19.0 Å². The molecule has 2 rings (SSSR count). The van der Waals surface area contributed by atoms with Gasteiger partial charge in [0.05, 0.1) is 4.90 Å². The first-order valence-corrected chi connectivity index (χ1v) is 8.53. The van der Waals surface area contributed by atoms with Gasteiger partial charge in [-0.15, -0.1) is 0 Å². The molecular weight excluding hydrogens is 291 g/mol. The zero-order valence-electron chi connectivity index (χ0n) is 13.0. The summed E-state index contributed by atoms with van der Waals surface area (Å²) in [6.07, 6.45) is 0.826. The number of rotatable bonds is 2. The van der Waals surface area contributed by atoms with E-state index in [4.69, 9.17) is 5.73 Å². The van der Waals surface area contributed by atoms with Crippen LogP contribution in [0.25, 0.3) is 0 Å². The van der Waals surface area contributed by atoms with Crippen LogP contribution in [0, 0.1) is 24.1 Å². The standard InChI is InChI=1S/C15H23FN2O2S/c1-10-13(16)7-12(8-14(10)17)21(19,20)18-6-5-11(9-18)15(2,3)4/h7-8,11H,5-6,9,17H2,1-4H3. The van der Waals surface area contributed by atoms with Gasteiger partial charge in [0, 0.05) is 24.3 Å². The van der Waals surface area contributed by atoms with Gasteiger partial charge < -0.3 is 5.73 Å². The van der Waals surface area contributed by atoms with Crippen LogP contribution >= 0.6 is 0 Å². The minimum Gasteiger partial charge on any atom is -0.398 e. The summed E-state index contributed by atoms with van der Waals surface area (Å²) in [6.45, 7) is 8.80. The maximum absolute atomic E-state index is 13.8. The molecule has 6 heteroatoms. The lowest BCUT2D eigenvalue weighted by molar-refractivity contribution is 0.252. The first-order valence-electron chi connectivity index (χ1n) is 7.09. The summed E-state index contributed by atoms with van der Waals surface area (Å²) in [7, 11) is -3.68. The molecule has 21 heavy (non-hydrogen) atoms. The van der Waals surface area contributed by atoms with Crippen LogP contribution in [-0.2, 0) is 10.0 Å². The average Bonchev–Trinajstić information content (AvgIpc) is 2.85. The van der Waals surface area contributed by atoms with E-state index in [2.05, 4.69) is 20.8 Å². The number of benzene rings is 1. The van der Waals surface area contributed by atoms with Crippen molar-refractivity contribution < 1.29 is 12.8 Å². The van der Waals surface area contributed by atoms with Gasteiger partial charge in [0.2, 0.25) is 10.0 Å². The lowest BCUT2D eigenvalue weighted by Crippen LogP contribution is -2.31. The normalized spacial score (nSPS) is 20.9. The fraction of sp³-hybridized carbons (Fsp3) is 0.600. The Morgan fingerprint density at radius 3 is 2.43 bits per heavy atom. The summed E-state index contributed by atoms with van der Waals surface area (Å²) in [5.41, 5.74) is 6.20. The first kappa shape index (κ1) is 16.2. The van der Waals surface area contributed by atoms with Crippen molar-refractivity contribution in [2.24, 2.45) is 11.3 Å². The Labute approximate surface area is 126 Å². The molecule has 0 aromatic heterocycles. The monoisotopic (exact) mass is 314 g/mol. The summed E-state index contributed by atoms with van der Waals surface area (Å²) < 4.78 is 40.5. The average molecular weight is 314 g/mol. The number of hydrogen-bond donors (Lipinski definition) is 1. The molecule has 4 nitrogen and oxygen atoms in total. The van der Waals surface area contributed by atoms with Crippen molar-refractivity contribution in [2.75, 3.05) is 18.8 Å². The smallest absolute Gasteiger partial charge is 0.243 e. The van der Waals surface area contributed by atoms with Crippen molar-refractivity contribution in [2.45, 2.75) is 39.0 Å². The quantitative estimate of drug-likeness (QED) is 0.854. The molecule has 2 N–H and O–H groups in total. The summed E-state index contributed by atoms with van der Waals surface area (Å²) in [5, 5.41) is 0. The predicted octanol–water partition coefficient (Wildman–Crippen LogP) is 2.77. The molecule has 1 aromatic carbocycles. The van der Waals surface area contributed by atoms with Crippen molar-refractivity contribution in [1.82, 2.24) is 4.31 Å². The van der Waals surface area contributed by atoms with Gasteiger partial charge in [-0.05, 0) is 36.8 Å². The molecule has 118 valence electrons. The molecule has 1 aliphatic heterocycles. The van der Waals surface area contributed by atoms with Gasteiger partial charge in [-0.1, -0.05) is 20.8 Å². The number of hydrogen-bond acceptors (Lipinski definition) is 3. The predicted molar refractivity (Wildman–Crippen MR) is 81.9 cm³/mol. The van der Waals surface area contributed by atoms with E-state index in [1.165, 1.54) is 17.3 Å². The number of anilines is 1. The van der Waals surface area contributed by atoms with Crippen LogP contribution in [0.5, 0.6) is 0 Å². The number of nitrogens with two attached hydrogens (primary N) is 1. The molecule has 0 bridgehead atoms. The van der Waals surface area contributed by atoms with Crippen LogP contribution in [0.15, 0.2) is 17.0 Å². The molecule has 0 aliphatic carbocycles. The second-order valence-electron chi connectivity index (χ2n) is 6.83. The highest BCUT2D eigenvalue weighted by Crippen LogP contribution is 2.36. The lowest BCUT2D eigenvalue weighted by Gasteiger charge is -2.27. The number of sulfonamides is 1.